The number of aromatic nitrogens is 1. The van der Waals surface area contributed by atoms with Gasteiger partial charge in [0, 0.05) is 36.6 Å². The molecule has 260 valence electrons. The molecule has 1 fully saturated rings. The average molecular weight is 684 g/mol. The molecule has 4 N–H and O–H groups in total. The van der Waals surface area contributed by atoms with Crippen molar-refractivity contribution in [2.24, 2.45) is 0 Å². The van der Waals surface area contributed by atoms with Crippen LogP contribution >= 0.6 is 0 Å². The summed E-state index contributed by atoms with van der Waals surface area (Å²) in [6, 6.07) is 22.5. The highest BCUT2D eigenvalue weighted by atomic mass is 19.4. The highest BCUT2D eigenvalue weighted by molar-refractivity contribution is 6.00. The van der Waals surface area contributed by atoms with Crippen LogP contribution in [0.5, 0.6) is 5.75 Å². The number of anilines is 2. The molecule has 12 nitrogen and oxygen atoms in total. The number of ether oxygens (including phenoxy) is 2. The Morgan fingerprint density at radius 2 is 1.71 bits per heavy atom. The van der Waals surface area contributed by atoms with Crippen molar-refractivity contribution in [3.05, 3.63) is 96.5 Å². The summed E-state index contributed by atoms with van der Waals surface area (Å²) in [7, 11) is 1.55. The maximum Gasteiger partial charge on any atom is 0.490 e. The van der Waals surface area contributed by atoms with Gasteiger partial charge in [-0.25, -0.2) is 19.4 Å². The molecule has 49 heavy (non-hydrogen) atoms. The van der Waals surface area contributed by atoms with E-state index in [1.54, 1.807) is 43.6 Å². The Morgan fingerprint density at radius 3 is 2.31 bits per heavy atom. The molecule has 5 rings (SSSR count). The lowest BCUT2D eigenvalue weighted by molar-refractivity contribution is -0.192. The maximum atomic E-state index is 12.8. The van der Waals surface area contributed by atoms with Gasteiger partial charge in [-0.15, -0.1) is 0 Å². The Labute approximate surface area is 280 Å². The third-order valence-corrected chi connectivity index (χ3v) is 7.31. The van der Waals surface area contributed by atoms with Crippen LogP contribution in [0.3, 0.4) is 0 Å². The van der Waals surface area contributed by atoms with Gasteiger partial charge in [0.25, 0.3) is 0 Å². The second-order valence-electron chi connectivity index (χ2n) is 10.8. The quantitative estimate of drug-likeness (QED) is 0.123. The van der Waals surface area contributed by atoms with Gasteiger partial charge in [0.2, 0.25) is 0 Å². The third-order valence-electron chi connectivity index (χ3n) is 7.31. The maximum absolute atomic E-state index is 12.8. The van der Waals surface area contributed by atoms with Gasteiger partial charge in [0.1, 0.15) is 11.9 Å². The predicted octanol–water partition coefficient (Wildman–Crippen LogP) is 7.08. The number of alkyl carbamates (subject to hydrolysis) is 1. The number of oxazole rings is 1. The summed E-state index contributed by atoms with van der Waals surface area (Å²) in [5.41, 5.74) is 3.63. The summed E-state index contributed by atoms with van der Waals surface area (Å²) in [6.07, 6.45) is -0.627. The lowest BCUT2D eigenvalue weighted by Crippen LogP contribution is -2.34. The number of carboxylic acid groups (broad SMARTS) is 1. The highest BCUT2D eigenvalue weighted by Gasteiger charge is 2.38. The van der Waals surface area contributed by atoms with Crippen LogP contribution in [-0.4, -0.2) is 65.5 Å². The van der Waals surface area contributed by atoms with Gasteiger partial charge in [-0.3, -0.25) is 4.90 Å². The number of nitrogens with zero attached hydrogens (tertiary/aromatic N) is 2. The molecule has 15 heteroatoms. The first kappa shape index (κ1) is 36.3. The van der Waals surface area contributed by atoms with E-state index in [1.165, 1.54) is 19.2 Å². The number of hydrogen-bond acceptors (Lipinski definition) is 8. The molecule has 4 aromatic rings. The first-order chi connectivity index (χ1) is 23.5. The fourth-order valence-corrected chi connectivity index (χ4v) is 4.79. The van der Waals surface area contributed by atoms with E-state index in [1.807, 2.05) is 42.5 Å². The van der Waals surface area contributed by atoms with Gasteiger partial charge >= 0.3 is 24.3 Å². The Hall–Kier alpha value is -5.57. The summed E-state index contributed by atoms with van der Waals surface area (Å²) < 4.78 is 48.4. The molecule has 1 saturated carbocycles. The predicted molar refractivity (Wildman–Crippen MR) is 174 cm³/mol. The molecule has 1 aliphatic carbocycles. The number of carbonyl (C=O) groups is 3. The van der Waals surface area contributed by atoms with Crippen molar-refractivity contribution in [1.82, 2.24) is 15.2 Å². The zero-order chi connectivity index (χ0) is 35.4. The topological polar surface area (TPSA) is 155 Å². The van der Waals surface area contributed by atoms with Crippen molar-refractivity contribution in [3.8, 4) is 17.1 Å². The summed E-state index contributed by atoms with van der Waals surface area (Å²) in [4.78, 5) is 40.7. The molecule has 1 atom stereocenters. The molecule has 3 amide bonds. The number of halogens is 3. The Morgan fingerprint density at radius 1 is 1.02 bits per heavy atom. The van der Waals surface area contributed by atoms with Gasteiger partial charge in [-0.1, -0.05) is 49.4 Å². The number of urea groups is 1. The molecule has 0 radical (unpaired) electrons. The number of alkyl halides is 3. The Bertz CT molecular complexity index is 1680. The normalized spacial score (nSPS) is 13.0. The first-order valence-corrected chi connectivity index (χ1v) is 15.2. The van der Waals surface area contributed by atoms with Crippen LogP contribution in [0.1, 0.15) is 37.0 Å². The van der Waals surface area contributed by atoms with Crippen LogP contribution in [0, 0.1) is 0 Å². The fraction of sp³-hybridized carbons (Fsp3) is 0.294. The monoisotopic (exact) mass is 683 g/mol. The highest BCUT2D eigenvalue weighted by Crippen LogP contribution is 2.32. The van der Waals surface area contributed by atoms with E-state index in [-0.39, 0.29) is 12.6 Å². The lowest BCUT2D eigenvalue weighted by atomic mass is 10.1. The third kappa shape index (κ3) is 11.3. The number of amides is 3. The number of nitrogens with one attached hydrogen (secondary N) is 3. The van der Waals surface area contributed by atoms with E-state index >= 15 is 0 Å². The number of hydrogen-bond donors (Lipinski definition) is 4. The molecule has 0 bridgehead atoms. The second-order valence-corrected chi connectivity index (χ2v) is 10.8. The van der Waals surface area contributed by atoms with E-state index in [2.05, 4.69) is 32.8 Å². The van der Waals surface area contributed by atoms with Crippen LogP contribution in [0.15, 0.2) is 89.8 Å². The fourth-order valence-electron chi connectivity index (χ4n) is 4.79. The molecular weight excluding hydrogens is 647 g/mol. The number of benzene rings is 3. The number of carbonyl (C=O) groups excluding carboxylic acids is 2. The molecule has 3 aromatic carbocycles. The van der Waals surface area contributed by atoms with Crippen LogP contribution in [0.25, 0.3) is 11.3 Å². The van der Waals surface area contributed by atoms with Crippen molar-refractivity contribution in [2.45, 2.75) is 44.6 Å². The van der Waals surface area contributed by atoms with Crippen molar-refractivity contribution in [2.75, 3.05) is 30.8 Å². The molecular formula is C34H36F3N5O7. The largest absolute Gasteiger partial charge is 0.496 e. The minimum atomic E-state index is -5.08. The van der Waals surface area contributed by atoms with Crippen LogP contribution in [-0.2, 0) is 16.1 Å². The van der Waals surface area contributed by atoms with Crippen LogP contribution in [0.2, 0.25) is 0 Å². The van der Waals surface area contributed by atoms with Gasteiger partial charge in [-0.05, 0) is 54.8 Å². The molecule has 1 aliphatic rings. The first-order valence-electron chi connectivity index (χ1n) is 15.2. The van der Waals surface area contributed by atoms with Crippen molar-refractivity contribution >= 4 is 29.5 Å². The van der Waals surface area contributed by atoms with E-state index < -0.39 is 24.3 Å². The summed E-state index contributed by atoms with van der Waals surface area (Å²) >= 11 is 0. The van der Waals surface area contributed by atoms with Gasteiger partial charge in [0.05, 0.1) is 18.9 Å². The smallest absolute Gasteiger partial charge is 0.490 e. The Kier molecular flexibility index (Phi) is 12.6. The van der Waals surface area contributed by atoms with E-state index in [0.717, 1.165) is 23.2 Å². The van der Waals surface area contributed by atoms with E-state index in [0.29, 0.717) is 35.5 Å². The number of aliphatic carboxylic acids is 1. The summed E-state index contributed by atoms with van der Waals surface area (Å²) in [5.74, 6) is -1.66. The van der Waals surface area contributed by atoms with Crippen molar-refractivity contribution in [3.63, 3.8) is 0 Å². The number of carboxylic acids is 1. The standard InChI is InChI=1S/C32H35N5O5.C2HF3O2/c1-3-37(26-13-14-26)20-30(23-9-5-4-6-10-23)42-32(39)34-18-22-8-7-11-24(16-22)35-31(38)36-25-12-15-27(28(17-25)40-2)29-19-33-21-41-29;3-2(4,5)1(6)7/h4-12,15-17,19,21,26,30H,3,13-14,18,20H2,1-2H3,(H,34,39)(H2,35,36,38);(H,6,7). The number of likely N-dealkylation sites (N-methyl/N-ethyl adjacent to an activating group) is 1. The van der Waals surface area contributed by atoms with Gasteiger partial charge in [0.15, 0.2) is 12.2 Å². The minimum Gasteiger partial charge on any atom is -0.496 e. The minimum absolute atomic E-state index is 0.248. The molecule has 1 aromatic heterocycles. The zero-order valence-corrected chi connectivity index (χ0v) is 26.7. The van der Waals surface area contributed by atoms with E-state index in [9.17, 15) is 22.8 Å². The Balaban J connectivity index is 0.000000698. The molecule has 1 unspecified atom stereocenters. The molecule has 1 heterocycles. The summed E-state index contributed by atoms with van der Waals surface area (Å²) in [6.45, 7) is 3.95. The van der Waals surface area contributed by atoms with Gasteiger partial charge in [-0.2, -0.15) is 13.2 Å². The van der Waals surface area contributed by atoms with E-state index in [4.69, 9.17) is 23.8 Å². The van der Waals surface area contributed by atoms with Crippen molar-refractivity contribution < 1.29 is 46.6 Å². The van der Waals surface area contributed by atoms with Crippen molar-refractivity contribution in [1.29, 1.82) is 0 Å². The second kappa shape index (κ2) is 17.0. The number of methoxy groups -OCH3 is 1. The van der Waals surface area contributed by atoms with Crippen LogP contribution in [0.4, 0.5) is 34.1 Å². The summed E-state index contributed by atoms with van der Waals surface area (Å²) in [5, 5.41) is 15.6. The van der Waals surface area contributed by atoms with Gasteiger partial charge < -0.3 is 34.9 Å². The zero-order valence-electron chi connectivity index (χ0n) is 26.7. The SMILES string of the molecule is CCN(CC(OC(=O)NCc1cccc(NC(=O)Nc2ccc(-c3cnco3)c(OC)c2)c1)c1ccccc1)C1CC1.O=C(O)C(F)(F)F. The molecule has 0 saturated heterocycles. The average Bonchev–Trinajstić information content (AvgIpc) is 3.78. The number of rotatable bonds is 12. The molecule has 0 spiro atoms. The van der Waals surface area contributed by atoms with Crippen LogP contribution < -0.4 is 20.7 Å². The molecule has 0 aliphatic heterocycles. The lowest BCUT2D eigenvalue weighted by Gasteiger charge is -2.26.